The van der Waals surface area contributed by atoms with Gasteiger partial charge in [0.2, 0.25) is 0 Å². The van der Waals surface area contributed by atoms with E-state index in [1.165, 1.54) is 50.6 Å². The lowest BCUT2D eigenvalue weighted by atomic mass is 9.85. The monoisotopic (exact) mass is 311 g/mol. The zero-order chi connectivity index (χ0) is 15.1. The molecule has 1 heterocycles. The van der Waals surface area contributed by atoms with Gasteiger partial charge in [-0.15, -0.1) is 0 Å². The predicted molar refractivity (Wildman–Crippen MR) is 89.8 cm³/mol. The van der Waals surface area contributed by atoms with Crippen LogP contribution in [0.5, 0.6) is 0 Å². The minimum Gasteiger partial charge on any atom is -0.309 e. The molecule has 0 amide bonds. The van der Waals surface area contributed by atoms with Crippen LogP contribution in [-0.4, -0.2) is 16.3 Å². The highest BCUT2D eigenvalue weighted by Gasteiger charge is 2.21. The SMILES string of the molecule is CCCn1ncc(Cl)c1C(CCC1CCCCC1)NCC. The first-order valence-electron chi connectivity index (χ1n) is 8.70. The minimum absolute atomic E-state index is 0.346. The van der Waals surface area contributed by atoms with Crippen LogP contribution in [-0.2, 0) is 6.54 Å². The maximum Gasteiger partial charge on any atom is 0.0834 e. The van der Waals surface area contributed by atoms with Crippen LogP contribution in [0, 0.1) is 5.92 Å². The molecule has 0 aromatic carbocycles. The van der Waals surface area contributed by atoms with Gasteiger partial charge in [0.25, 0.3) is 0 Å². The molecule has 0 radical (unpaired) electrons. The number of nitrogens with zero attached hydrogens (tertiary/aromatic N) is 2. The predicted octanol–water partition coefficient (Wildman–Crippen LogP) is 4.96. The highest BCUT2D eigenvalue weighted by Crippen LogP contribution is 2.32. The van der Waals surface area contributed by atoms with Crippen LogP contribution in [0.1, 0.15) is 76.9 Å². The number of halogens is 1. The standard InChI is InChI=1S/C17H30ClN3/c1-3-12-21-17(15(18)13-20-21)16(19-4-2)11-10-14-8-6-5-7-9-14/h13-14,16,19H,3-12H2,1-2H3. The van der Waals surface area contributed by atoms with Crippen molar-refractivity contribution in [2.24, 2.45) is 5.92 Å². The lowest BCUT2D eigenvalue weighted by Gasteiger charge is -2.25. The number of rotatable bonds is 8. The average Bonchev–Trinajstić information content (AvgIpc) is 2.86. The second-order valence-corrected chi connectivity index (χ2v) is 6.70. The summed E-state index contributed by atoms with van der Waals surface area (Å²) >= 11 is 6.41. The van der Waals surface area contributed by atoms with E-state index in [1.807, 2.05) is 0 Å². The maximum atomic E-state index is 6.41. The highest BCUT2D eigenvalue weighted by molar-refractivity contribution is 6.31. The summed E-state index contributed by atoms with van der Waals surface area (Å²) < 4.78 is 2.09. The molecule has 1 saturated carbocycles. The van der Waals surface area contributed by atoms with Crippen LogP contribution in [0.3, 0.4) is 0 Å². The Morgan fingerprint density at radius 2 is 2.10 bits per heavy atom. The fraction of sp³-hybridized carbons (Fsp3) is 0.824. The van der Waals surface area contributed by atoms with Gasteiger partial charge in [-0.25, -0.2) is 0 Å². The Kier molecular flexibility index (Phi) is 7.05. The third-order valence-electron chi connectivity index (χ3n) is 4.64. The summed E-state index contributed by atoms with van der Waals surface area (Å²) in [4.78, 5) is 0. The molecule has 3 nitrogen and oxygen atoms in total. The van der Waals surface area contributed by atoms with E-state index in [-0.39, 0.29) is 0 Å². The summed E-state index contributed by atoms with van der Waals surface area (Å²) in [6.07, 6.45) is 12.5. The summed E-state index contributed by atoms with van der Waals surface area (Å²) in [5.41, 5.74) is 1.19. The van der Waals surface area contributed by atoms with Crippen molar-refractivity contribution in [3.8, 4) is 0 Å². The summed E-state index contributed by atoms with van der Waals surface area (Å²) in [6, 6.07) is 0.346. The van der Waals surface area contributed by atoms with Crippen molar-refractivity contribution in [3.63, 3.8) is 0 Å². The molecule has 0 spiro atoms. The summed E-state index contributed by atoms with van der Waals surface area (Å²) in [6.45, 7) is 6.28. The Morgan fingerprint density at radius 3 is 2.76 bits per heavy atom. The Balaban J connectivity index is 2.01. The molecule has 1 aromatic heterocycles. The number of hydrogen-bond acceptors (Lipinski definition) is 2. The van der Waals surface area contributed by atoms with Gasteiger partial charge in [-0.2, -0.15) is 5.10 Å². The number of hydrogen-bond donors (Lipinski definition) is 1. The smallest absolute Gasteiger partial charge is 0.0834 e. The normalized spacial score (nSPS) is 18.0. The second kappa shape index (κ2) is 8.79. The molecule has 1 N–H and O–H groups in total. The molecule has 1 aliphatic rings. The molecule has 1 aliphatic carbocycles. The fourth-order valence-electron chi connectivity index (χ4n) is 3.57. The Bertz CT molecular complexity index is 410. The van der Waals surface area contributed by atoms with E-state index >= 15 is 0 Å². The summed E-state index contributed by atoms with van der Waals surface area (Å²) in [7, 11) is 0. The summed E-state index contributed by atoms with van der Waals surface area (Å²) in [5, 5.41) is 8.88. The highest BCUT2D eigenvalue weighted by atomic mass is 35.5. The van der Waals surface area contributed by atoms with E-state index in [9.17, 15) is 0 Å². The van der Waals surface area contributed by atoms with Crippen molar-refractivity contribution in [1.29, 1.82) is 0 Å². The zero-order valence-corrected chi connectivity index (χ0v) is 14.3. The van der Waals surface area contributed by atoms with Crippen molar-refractivity contribution in [1.82, 2.24) is 15.1 Å². The topological polar surface area (TPSA) is 29.9 Å². The van der Waals surface area contributed by atoms with E-state index in [0.717, 1.165) is 30.5 Å². The van der Waals surface area contributed by atoms with Crippen LogP contribution < -0.4 is 5.32 Å². The molecule has 0 saturated heterocycles. The zero-order valence-electron chi connectivity index (χ0n) is 13.6. The van der Waals surface area contributed by atoms with Crippen LogP contribution in [0.25, 0.3) is 0 Å². The lowest BCUT2D eigenvalue weighted by molar-refractivity contribution is 0.311. The van der Waals surface area contributed by atoms with Gasteiger partial charge in [0.05, 0.1) is 23.0 Å². The van der Waals surface area contributed by atoms with Gasteiger partial charge in [0.1, 0.15) is 0 Å². The first-order chi connectivity index (χ1) is 10.3. The largest absolute Gasteiger partial charge is 0.309 e. The second-order valence-electron chi connectivity index (χ2n) is 6.29. The average molecular weight is 312 g/mol. The third kappa shape index (κ3) is 4.72. The van der Waals surface area contributed by atoms with E-state index in [2.05, 4.69) is 28.9 Å². The van der Waals surface area contributed by atoms with Crippen molar-refractivity contribution in [3.05, 3.63) is 16.9 Å². The minimum atomic E-state index is 0.346. The number of aryl methyl sites for hydroxylation is 1. The molecule has 21 heavy (non-hydrogen) atoms. The molecular formula is C17H30ClN3. The van der Waals surface area contributed by atoms with Crippen LogP contribution in [0.2, 0.25) is 5.02 Å². The van der Waals surface area contributed by atoms with Crippen molar-refractivity contribution in [2.45, 2.75) is 77.8 Å². The first-order valence-corrected chi connectivity index (χ1v) is 9.08. The molecule has 120 valence electrons. The molecule has 0 aliphatic heterocycles. The van der Waals surface area contributed by atoms with Gasteiger partial charge in [0.15, 0.2) is 0 Å². The van der Waals surface area contributed by atoms with Gasteiger partial charge in [0, 0.05) is 6.54 Å². The first kappa shape index (κ1) is 16.8. The van der Waals surface area contributed by atoms with Gasteiger partial charge in [-0.3, -0.25) is 4.68 Å². The van der Waals surface area contributed by atoms with Crippen molar-refractivity contribution in [2.75, 3.05) is 6.54 Å². The Morgan fingerprint density at radius 1 is 1.33 bits per heavy atom. The maximum absolute atomic E-state index is 6.41. The van der Waals surface area contributed by atoms with E-state index in [1.54, 1.807) is 6.20 Å². The Labute approximate surface area is 134 Å². The number of nitrogens with one attached hydrogen (secondary N) is 1. The molecule has 1 atom stereocenters. The van der Waals surface area contributed by atoms with Crippen LogP contribution in [0.4, 0.5) is 0 Å². The van der Waals surface area contributed by atoms with E-state index in [4.69, 9.17) is 11.6 Å². The van der Waals surface area contributed by atoms with Gasteiger partial charge in [-0.1, -0.05) is 57.6 Å². The van der Waals surface area contributed by atoms with Crippen molar-refractivity contribution < 1.29 is 0 Å². The van der Waals surface area contributed by atoms with Gasteiger partial charge in [-0.05, 0) is 31.7 Å². The number of aromatic nitrogens is 2. The summed E-state index contributed by atoms with van der Waals surface area (Å²) in [5.74, 6) is 0.918. The van der Waals surface area contributed by atoms with Crippen LogP contribution >= 0.6 is 11.6 Å². The Hall–Kier alpha value is -0.540. The molecule has 4 heteroatoms. The third-order valence-corrected chi connectivity index (χ3v) is 4.93. The van der Waals surface area contributed by atoms with E-state index < -0.39 is 0 Å². The van der Waals surface area contributed by atoms with Gasteiger partial charge >= 0.3 is 0 Å². The van der Waals surface area contributed by atoms with Gasteiger partial charge < -0.3 is 5.32 Å². The molecule has 1 aromatic rings. The molecule has 1 unspecified atom stereocenters. The van der Waals surface area contributed by atoms with Crippen molar-refractivity contribution >= 4 is 11.6 Å². The quantitative estimate of drug-likeness (QED) is 0.735. The molecule has 1 fully saturated rings. The molecule has 0 bridgehead atoms. The molecular weight excluding hydrogens is 282 g/mol. The van der Waals surface area contributed by atoms with E-state index in [0.29, 0.717) is 6.04 Å². The lowest BCUT2D eigenvalue weighted by Crippen LogP contribution is -2.25. The molecule has 2 rings (SSSR count). The van der Waals surface area contributed by atoms with Crippen LogP contribution in [0.15, 0.2) is 6.20 Å². The fourth-order valence-corrected chi connectivity index (χ4v) is 3.84.